The minimum absolute atomic E-state index is 1.10. The minimum Gasteiger partial charge on any atom is -0.310 e. The van der Waals surface area contributed by atoms with Crippen LogP contribution in [0.1, 0.15) is 0 Å². The molecular weight excluding hydrogens is 637 g/mol. The van der Waals surface area contributed by atoms with Crippen LogP contribution in [-0.2, 0) is 0 Å². The second-order valence-corrected chi connectivity index (χ2v) is 13.7. The lowest BCUT2D eigenvalue weighted by Crippen LogP contribution is -2.11. The molecular formula is C48H34N2S. The summed E-state index contributed by atoms with van der Waals surface area (Å²) in [6.07, 6.45) is 0. The van der Waals surface area contributed by atoms with Crippen molar-refractivity contribution in [3.05, 3.63) is 206 Å². The highest BCUT2D eigenvalue weighted by Crippen LogP contribution is 2.43. The van der Waals surface area contributed by atoms with Crippen molar-refractivity contribution in [2.24, 2.45) is 0 Å². The molecule has 0 N–H and O–H groups in total. The molecule has 1 aromatic heterocycles. The van der Waals surface area contributed by atoms with E-state index < -0.39 is 0 Å². The molecule has 1 heterocycles. The zero-order chi connectivity index (χ0) is 34.0. The number of anilines is 6. The van der Waals surface area contributed by atoms with E-state index in [1.165, 1.54) is 31.3 Å². The molecule has 3 heteroatoms. The normalized spacial score (nSPS) is 11.1. The number of thiophene rings is 1. The minimum atomic E-state index is 1.10. The van der Waals surface area contributed by atoms with E-state index in [2.05, 4.69) is 216 Å². The van der Waals surface area contributed by atoms with E-state index in [4.69, 9.17) is 0 Å². The fourth-order valence-corrected chi connectivity index (χ4v) is 8.18. The van der Waals surface area contributed by atoms with Crippen molar-refractivity contribution >= 4 is 65.6 Å². The molecule has 0 aliphatic heterocycles. The summed E-state index contributed by atoms with van der Waals surface area (Å²) >= 11 is 1.86. The smallest absolute Gasteiger partial charge is 0.0540 e. The van der Waals surface area contributed by atoms with Crippen LogP contribution >= 0.6 is 11.3 Å². The third kappa shape index (κ3) is 5.94. The first-order chi connectivity index (χ1) is 25.3. The number of nitrogens with zero attached hydrogens (tertiary/aromatic N) is 2. The van der Waals surface area contributed by atoms with Gasteiger partial charge in [0.05, 0.1) is 5.69 Å². The van der Waals surface area contributed by atoms with E-state index in [0.717, 1.165) is 45.3 Å². The number of benzene rings is 8. The van der Waals surface area contributed by atoms with E-state index in [9.17, 15) is 0 Å². The molecule has 0 atom stereocenters. The van der Waals surface area contributed by atoms with Crippen LogP contribution in [0.3, 0.4) is 0 Å². The van der Waals surface area contributed by atoms with Crippen LogP contribution in [0.2, 0.25) is 0 Å². The molecule has 0 fully saturated rings. The third-order valence-corrected chi connectivity index (χ3v) is 10.6. The van der Waals surface area contributed by atoms with Crippen LogP contribution in [0, 0.1) is 0 Å². The topological polar surface area (TPSA) is 6.48 Å². The van der Waals surface area contributed by atoms with Gasteiger partial charge in [-0.3, -0.25) is 0 Å². The van der Waals surface area contributed by atoms with E-state index in [-0.39, 0.29) is 0 Å². The van der Waals surface area contributed by atoms with Crippen molar-refractivity contribution in [3.63, 3.8) is 0 Å². The highest BCUT2D eigenvalue weighted by Gasteiger charge is 2.19. The summed E-state index contributed by atoms with van der Waals surface area (Å²) in [5.74, 6) is 0. The fraction of sp³-hybridized carbons (Fsp3) is 0. The lowest BCUT2D eigenvalue weighted by Gasteiger charge is -2.29. The summed E-state index contributed by atoms with van der Waals surface area (Å²) in [6.45, 7) is 0. The van der Waals surface area contributed by atoms with Gasteiger partial charge >= 0.3 is 0 Å². The monoisotopic (exact) mass is 670 g/mol. The maximum absolute atomic E-state index is 2.37. The van der Waals surface area contributed by atoms with Crippen molar-refractivity contribution in [1.29, 1.82) is 0 Å². The molecule has 242 valence electrons. The number of hydrogen-bond donors (Lipinski definition) is 0. The van der Waals surface area contributed by atoms with Gasteiger partial charge in [-0.05, 0) is 95.6 Å². The summed E-state index contributed by atoms with van der Waals surface area (Å²) in [7, 11) is 0. The van der Waals surface area contributed by atoms with Gasteiger partial charge in [-0.1, -0.05) is 127 Å². The largest absolute Gasteiger partial charge is 0.310 e. The van der Waals surface area contributed by atoms with Gasteiger partial charge in [0.1, 0.15) is 0 Å². The Morgan fingerprint density at radius 2 is 0.824 bits per heavy atom. The highest BCUT2D eigenvalue weighted by atomic mass is 32.1. The number of hydrogen-bond acceptors (Lipinski definition) is 3. The Morgan fingerprint density at radius 3 is 1.53 bits per heavy atom. The summed E-state index contributed by atoms with van der Waals surface area (Å²) in [6, 6.07) is 73.9. The molecule has 0 aliphatic carbocycles. The van der Waals surface area contributed by atoms with Crippen LogP contribution < -0.4 is 9.80 Å². The first kappa shape index (κ1) is 30.6. The summed E-state index contributed by atoms with van der Waals surface area (Å²) in [5, 5.41) is 2.65. The van der Waals surface area contributed by atoms with E-state index >= 15 is 0 Å². The first-order valence-corrected chi connectivity index (χ1v) is 18.1. The summed E-state index contributed by atoms with van der Waals surface area (Å²) < 4.78 is 2.65. The predicted molar refractivity (Wildman–Crippen MR) is 220 cm³/mol. The Labute approximate surface area is 302 Å². The molecule has 8 aromatic carbocycles. The molecule has 9 aromatic rings. The van der Waals surface area contributed by atoms with Gasteiger partial charge < -0.3 is 9.80 Å². The van der Waals surface area contributed by atoms with Gasteiger partial charge in [0.2, 0.25) is 0 Å². The second kappa shape index (κ2) is 13.5. The van der Waals surface area contributed by atoms with Crippen molar-refractivity contribution in [1.82, 2.24) is 0 Å². The second-order valence-electron chi connectivity index (χ2n) is 12.6. The molecule has 9 rings (SSSR count). The summed E-state index contributed by atoms with van der Waals surface area (Å²) in [4.78, 5) is 4.68. The number of fused-ring (bicyclic) bond motifs is 3. The van der Waals surface area contributed by atoms with Crippen LogP contribution in [0.25, 0.3) is 42.4 Å². The third-order valence-electron chi connectivity index (χ3n) is 9.44. The van der Waals surface area contributed by atoms with Gasteiger partial charge in [-0.25, -0.2) is 0 Å². The maximum Gasteiger partial charge on any atom is 0.0540 e. The highest BCUT2D eigenvalue weighted by molar-refractivity contribution is 7.25. The average Bonchev–Trinajstić information content (AvgIpc) is 3.58. The van der Waals surface area contributed by atoms with Gasteiger partial charge in [-0.2, -0.15) is 0 Å². The Bertz CT molecular complexity index is 2540. The molecule has 0 aliphatic rings. The van der Waals surface area contributed by atoms with Crippen molar-refractivity contribution in [2.75, 3.05) is 9.80 Å². The zero-order valence-corrected chi connectivity index (χ0v) is 28.7. The van der Waals surface area contributed by atoms with E-state index in [1.807, 2.05) is 11.3 Å². The van der Waals surface area contributed by atoms with Crippen LogP contribution in [0.15, 0.2) is 206 Å². The molecule has 0 bridgehead atoms. The molecule has 0 radical (unpaired) electrons. The summed E-state index contributed by atoms with van der Waals surface area (Å²) in [5.41, 5.74) is 11.4. The molecule has 0 saturated heterocycles. The van der Waals surface area contributed by atoms with E-state index in [1.54, 1.807) is 0 Å². The van der Waals surface area contributed by atoms with Gasteiger partial charge in [0, 0.05) is 54.2 Å². The van der Waals surface area contributed by atoms with Crippen molar-refractivity contribution in [3.8, 4) is 22.3 Å². The lowest BCUT2D eigenvalue weighted by molar-refractivity contribution is 1.27. The van der Waals surface area contributed by atoms with Crippen molar-refractivity contribution < 1.29 is 0 Å². The standard InChI is InChI=1S/C48H34N2S/c1-4-16-38(17-5-1)49(39-18-6-2-7-19-39)42-22-14-15-37(33-42)43-23-10-12-25-46(43)50(40-20-8-3-9-21-40)41-30-27-35(28-31-41)36-29-32-45-44-24-11-13-26-47(44)51-48(45)34-36/h1-34H. The quantitative estimate of drug-likeness (QED) is 0.159. The molecule has 0 saturated carbocycles. The van der Waals surface area contributed by atoms with Crippen LogP contribution in [0.5, 0.6) is 0 Å². The predicted octanol–water partition coefficient (Wildman–Crippen LogP) is 14.3. The van der Waals surface area contributed by atoms with Crippen molar-refractivity contribution in [2.45, 2.75) is 0 Å². The number of rotatable bonds is 8. The first-order valence-electron chi connectivity index (χ1n) is 17.3. The lowest BCUT2D eigenvalue weighted by atomic mass is 10.00. The fourth-order valence-electron chi connectivity index (χ4n) is 7.04. The Balaban J connectivity index is 1.12. The molecule has 0 unspecified atom stereocenters. The average molecular weight is 671 g/mol. The Kier molecular flexibility index (Phi) is 8.09. The van der Waals surface area contributed by atoms with Gasteiger partial charge in [0.25, 0.3) is 0 Å². The molecule has 51 heavy (non-hydrogen) atoms. The maximum atomic E-state index is 2.37. The van der Waals surface area contributed by atoms with E-state index in [0.29, 0.717) is 0 Å². The van der Waals surface area contributed by atoms with Crippen LogP contribution in [-0.4, -0.2) is 0 Å². The SMILES string of the molecule is c1ccc(N(c2ccccc2)c2cccc(-c3ccccc3N(c3ccccc3)c3ccc(-c4ccc5c(c4)sc4ccccc45)cc3)c2)cc1. The molecule has 0 spiro atoms. The van der Waals surface area contributed by atoms with Crippen LogP contribution in [0.4, 0.5) is 34.1 Å². The zero-order valence-electron chi connectivity index (χ0n) is 27.9. The molecule has 0 amide bonds. The Hall–Kier alpha value is -6.42. The number of para-hydroxylation sites is 4. The van der Waals surface area contributed by atoms with Gasteiger partial charge in [-0.15, -0.1) is 11.3 Å². The molecule has 2 nitrogen and oxygen atoms in total. The Morgan fingerprint density at radius 1 is 0.294 bits per heavy atom. The van der Waals surface area contributed by atoms with Gasteiger partial charge in [0.15, 0.2) is 0 Å².